The lowest BCUT2D eigenvalue weighted by Crippen LogP contribution is -2.44. The number of carbonyl (C=O) groups excluding carboxylic acids is 1. The molecule has 0 radical (unpaired) electrons. The van der Waals surface area contributed by atoms with E-state index in [0.717, 1.165) is 53.7 Å². The Morgan fingerprint density at radius 2 is 1.78 bits per heavy atom. The van der Waals surface area contributed by atoms with Gasteiger partial charge in [0.25, 0.3) is 0 Å². The van der Waals surface area contributed by atoms with E-state index in [-0.39, 0.29) is 5.97 Å². The van der Waals surface area contributed by atoms with Crippen molar-refractivity contribution in [2.24, 2.45) is 0 Å². The first-order chi connectivity index (χ1) is 15.6. The van der Waals surface area contributed by atoms with Crippen LogP contribution in [-0.4, -0.2) is 47.6 Å². The van der Waals surface area contributed by atoms with Crippen LogP contribution in [0.4, 0.5) is 0 Å². The number of carbonyl (C=O) groups is 1. The molecule has 4 rings (SSSR count). The predicted octanol–water partition coefficient (Wildman–Crippen LogP) is 5.04. The summed E-state index contributed by atoms with van der Waals surface area (Å²) >= 11 is 0. The Bertz CT molecular complexity index is 1060. The Kier molecular flexibility index (Phi) is 7.18. The van der Waals surface area contributed by atoms with Crippen LogP contribution in [0.5, 0.6) is 0 Å². The summed E-state index contributed by atoms with van der Waals surface area (Å²) in [6, 6.07) is 19.2. The second-order valence-corrected chi connectivity index (χ2v) is 8.78. The fraction of sp³-hybridized carbons (Fsp3) is 0.407. The van der Waals surface area contributed by atoms with Gasteiger partial charge < -0.3 is 10.1 Å². The maximum atomic E-state index is 13.2. The first-order valence-electron chi connectivity index (χ1n) is 11.7. The minimum absolute atomic E-state index is 0.295. The first-order valence-corrected chi connectivity index (χ1v) is 11.7. The normalized spacial score (nSPS) is 15.4. The van der Waals surface area contributed by atoms with Gasteiger partial charge in [-0.25, -0.2) is 4.79 Å². The fourth-order valence-electron chi connectivity index (χ4n) is 4.65. The van der Waals surface area contributed by atoms with Gasteiger partial charge in [0.05, 0.1) is 23.4 Å². The number of para-hydroxylation sites is 1. The SMILES string of the molecule is CCOC(=O)c1c(CN2CCC(NC(C)C)CC2)nc2ccccc2c1-c1ccccc1. The second kappa shape index (κ2) is 10.2. The molecule has 3 aromatic rings. The summed E-state index contributed by atoms with van der Waals surface area (Å²) in [6.07, 6.45) is 2.21. The molecule has 0 unspecified atom stereocenters. The van der Waals surface area contributed by atoms with Crippen LogP contribution in [0.2, 0.25) is 0 Å². The Morgan fingerprint density at radius 1 is 1.09 bits per heavy atom. The summed E-state index contributed by atoms with van der Waals surface area (Å²) in [6.45, 7) is 9.20. The van der Waals surface area contributed by atoms with Gasteiger partial charge in [-0.1, -0.05) is 62.4 Å². The molecule has 168 valence electrons. The number of ether oxygens (including phenoxy) is 1. The third-order valence-electron chi connectivity index (χ3n) is 6.04. The Hall–Kier alpha value is -2.76. The highest BCUT2D eigenvalue weighted by atomic mass is 16.5. The molecule has 2 heterocycles. The monoisotopic (exact) mass is 431 g/mol. The van der Waals surface area contributed by atoms with E-state index in [1.165, 1.54) is 0 Å². The van der Waals surface area contributed by atoms with Crippen LogP contribution in [0.15, 0.2) is 54.6 Å². The van der Waals surface area contributed by atoms with E-state index in [2.05, 4.69) is 36.2 Å². The molecule has 0 saturated carbocycles. The van der Waals surface area contributed by atoms with Crippen LogP contribution in [-0.2, 0) is 11.3 Å². The molecule has 5 nitrogen and oxygen atoms in total. The topological polar surface area (TPSA) is 54.5 Å². The molecule has 1 aromatic heterocycles. The summed E-state index contributed by atoms with van der Waals surface area (Å²) in [7, 11) is 0. The average Bonchev–Trinajstić information content (AvgIpc) is 2.80. The van der Waals surface area contributed by atoms with Crippen LogP contribution in [0.25, 0.3) is 22.0 Å². The molecule has 2 aromatic carbocycles. The van der Waals surface area contributed by atoms with Crippen molar-refractivity contribution in [2.75, 3.05) is 19.7 Å². The van der Waals surface area contributed by atoms with Crippen molar-refractivity contribution in [2.45, 2.75) is 52.2 Å². The van der Waals surface area contributed by atoms with Gasteiger partial charge in [0.15, 0.2) is 0 Å². The standard InChI is InChI=1S/C27H33N3O2/c1-4-32-27(31)26-24(18-30-16-14-21(15-17-30)28-19(2)3)29-23-13-9-8-12-22(23)25(26)20-10-6-5-7-11-20/h5-13,19,21,28H,4,14-18H2,1-3H3. The maximum Gasteiger partial charge on any atom is 0.340 e. The summed E-state index contributed by atoms with van der Waals surface area (Å²) in [5.74, 6) is -0.295. The molecule has 32 heavy (non-hydrogen) atoms. The van der Waals surface area contributed by atoms with Crippen LogP contribution in [0.1, 0.15) is 49.7 Å². The number of benzene rings is 2. The number of hydrogen-bond donors (Lipinski definition) is 1. The summed E-state index contributed by atoms with van der Waals surface area (Å²) < 4.78 is 5.52. The number of nitrogens with zero attached hydrogens (tertiary/aromatic N) is 2. The van der Waals surface area contributed by atoms with E-state index < -0.39 is 0 Å². The molecule has 5 heteroatoms. The molecule has 1 fully saturated rings. The van der Waals surface area contributed by atoms with Crippen LogP contribution in [0, 0.1) is 0 Å². The van der Waals surface area contributed by atoms with Gasteiger partial charge in [0.1, 0.15) is 0 Å². The number of fused-ring (bicyclic) bond motifs is 1. The van der Waals surface area contributed by atoms with E-state index in [4.69, 9.17) is 9.72 Å². The van der Waals surface area contributed by atoms with Crippen LogP contribution >= 0.6 is 0 Å². The second-order valence-electron chi connectivity index (χ2n) is 8.78. The van der Waals surface area contributed by atoms with Gasteiger partial charge in [-0.3, -0.25) is 9.88 Å². The molecule has 1 N–H and O–H groups in total. The lowest BCUT2D eigenvalue weighted by molar-refractivity contribution is 0.0523. The zero-order valence-electron chi connectivity index (χ0n) is 19.3. The minimum Gasteiger partial charge on any atom is -0.462 e. The largest absolute Gasteiger partial charge is 0.462 e. The molecular formula is C27H33N3O2. The highest BCUT2D eigenvalue weighted by molar-refractivity contribution is 6.07. The third kappa shape index (κ3) is 5.00. The number of rotatable bonds is 7. The van der Waals surface area contributed by atoms with Gasteiger partial charge in [0, 0.05) is 42.7 Å². The Balaban J connectivity index is 1.75. The molecule has 1 aliphatic rings. The van der Waals surface area contributed by atoms with E-state index in [1.54, 1.807) is 0 Å². The molecule has 0 bridgehead atoms. The van der Waals surface area contributed by atoms with Gasteiger partial charge in [-0.15, -0.1) is 0 Å². The number of nitrogens with one attached hydrogen (secondary N) is 1. The van der Waals surface area contributed by atoms with Gasteiger partial charge in [-0.05, 0) is 31.4 Å². The first kappa shape index (κ1) is 22.4. The van der Waals surface area contributed by atoms with Gasteiger partial charge in [0.2, 0.25) is 0 Å². The molecule has 0 amide bonds. The van der Waals surface area contributed by atoms with Crippen molar-refractivity contribution in [3.63, 3.8) is 0 Å². The quantitative estimate of drug-likeness (QED) is 0.531. The van der Waals surface area contributed by atoms with E-state index in [9.17, 15) is 4.79 Å². The fourth-order valence-corrected chi connectivity index (χ4v) is 4.65. The number of hydrogen-bond acceptors (Lipinski definition) is 5. The molecule has 1 saturated heterocycles. The zero-order chi connectivity index (χ0) is 22.5. The Morgan fingerprint density at radius 3 is 2.47 bits per heavy atom. The highest BCUT2D eigenvalue weighted by Gasteiger charge is 2.26. The highest BCUT2D eigenvalue weighted by Crippen LogP contribution is 2.34. The van der Waals surface area contributed by atoms with E-state index >= 15 is 0 Å². The summed E-state index contributed by atoms with van der Waals surface area (Å²) in [4.78, 5) is 20.6. The number of piperidine rings is 1. The molecule has 0 aliphatic carbocycles. The lowest BCUT2D eigenvalue weighted by atomic mass is 9.93. The van der Waals surface area contributed by atoms with Crippen molar-refractivity contribution < 1.29 is 9.53 Å². The predicted molar refractivity (Wildman–Crippen MR) is 130 cm³/mol. The lowest BCUT2D eigenvalue weighted by Gasteiger charge is -2.33. The number of pyridine rings is 1. The number of likely N-dealkylation sites (tertiary alicyclic amines) is 1. The average molecular weight is 432 g/mol. The smallest absolute Gasteiger partial charge is 0.340 e. The van der Waals surface area contributed by atoms with Crippen molar-refractivity contribution in [3.8, 4) is 11.1 Å². The van der Waals surface area contributed by atoms with Crippen molar-refractivity contribution in [3.05, 3.63) is 65.9 Å². The minimum atomic E-state index is -0.295. The van der Waals surface area contributed by atoms with Crippen molar-refractivity contribution in [1.29, 1.82) is 0 Å². The molecular weight excluding hydrogens is 398 g/mol. The van der Waals surface area contributed by atoms with E-state index in [1.807, 2.05) is 49.4 Å². The molecule has 1 aliphatic heterocycles. The van der Waals surface area contributed by atoms with Crippen LogP contribution in [0.3, 0.4) is 0 Å². The molecule has 0 atom stereocenters. The van der Waals surface area contributed by atoms with E-state index in [0.29, 0.717) is 30.8 Å². The molecule has 0 spiro atoms. The number of aromatic nitrogens is 1. The van der Waals surface area contributed by atoms with Crippen LogP contribution < -0.4 is 5.32 Å². The Labute approximate surface area is 190 Å². The van der Waals surface area contributed by atoms with Crippen molar-refractivity contribution >= 4 is 16.9 Å². The van der Waals surface area contributed by atoms with Gasteiger partial charge >= 0.3 is 5.97 Å². The number of esters is 1. The third-order valence-corrected chi connectivity index (χ3v) is 6.04. The maximum absolute atomic E-state index is 13.2. The zero-order valence-corrected chi connectivity index (χ0v) is 19.3. The van der Waals surface area contributed by atoms with Crippen molar-refractivity contribution in [1.82, 2.24) is 15.2 Å². The summed E-state index contributed by atoms with van der Waals surface area (Å²) in [5.41, 5.74) is 4.23. The summed E-state index contributed by atoms with van der Waals surface area (Å²) in [5, 5.41) is 4.63. The van der Waals surface area contributed by atoms with Gasteiger partial charge in [-0.2, -0.15) is 0 Å².